The predicted octanol–water partition coefficient (Wildman–Crippen LogP) is 2.39. The fourth-order valence-corrected chi connectivity index (χ4v) is 3.09. The summed E-state index contributed by atoms with van der Waals surface area (Å²) in [5, 5.41) is -4.85. The van der Waals surface area contributed by atoms with Crippen LogP contribution in [0.2, 0.25) is 0 Å². The van der Waals surface area contributed by atoms with Gasteiger partial charge in [-0.2, -0.15) is 17.2 Å². The van der Waals surface area contributed by atoms with Crippen molar-refractivity contribution in [1.82, 2.24) is 0 Å². The van der Waals surface area contributed by atoms with Crippen LogP contribution in [0.3, 0.4) is 0 Å². The number of benzene rings is 2. The first-order valence-electron chi connectivity index (χ1n) is 7.64. The lowest BCUT2D eigenvalue weighted by molar-refractivity contribution is -0.0101. The second-order valence-corrected chi connectivity index (χ2v) is 8.53. The van der Waals surface area contributed by atoms with E-state index in [0.29, 0.717) is 5.56 Å². The third kappa shape index (κ3) is 5.37. The molecule has 0 amide bonds. The molecule has 0 radical (unpaired) electrons. The van der Waals surface area contributed by atoms with Gasteiger partial charge in [0, 0.05) is 0 Å². The van der Waals surface area contributed by atoms with Crippen molar-refractivity contribution in [2.24, 2.45) is 0 Å². The van der Waals surface area contributed by atoms with Crippen molar-refractivity contribution >= 4 is 32.3 Å². The van der Waals surface area contributed by atoms with Gasteiger partial charge in [-0.1, -0.05) is 36.9 Å². The average Bonchev–Trinajstić information content (AvgIpc) is 2.65. The van der Waals surface area contributed by atoms with Crippen LogP contribution >= 0.6 is 0 Å². The minimum absolute atomic E-state index is 0.254. The fraction of sp³-hybridized carbons (Fsp3) is 0.118. The predicted molar refractivity (Wildman–Crippen MR) is 95.7 cm³/mol. The molecule has 0 saturated heterocycles. The van der Waals surface area contributed by atoms with Gasteiger partial charge in [0.2, 0.25) is 0 Å². The normalized spacial score (nSPS) is 12.2. The number of halogens is 2. The first-order chi connectivity index (χ1) is 13.4. The number of carbonyl (C=O) groups is 1. The highest BCUT2D eigenvalue weighted by molar-refractivity contribution is 7.87. The molecule has 12 heteroatoms. The Kier molecular flexibility index (Phi) is 6.40. The molecule has 2 aromatic rings. The maximum Gasteiger partial charge on any atom is 0.367 e. The monoisotopic (exact) mass is 447 g/mol. The maximum atomic E-state index is 13.1. The standard InChI is InChI=1S/C17H14F2O8S2/c1-2-12-7-9-13(10-8-12)28(21,22)27-15-6-4-3-5-14(15)16(20)26-11-17(18,19)29(23,24)25/h2-10H,1,11H2,(H,23,24,25)/p-1. The summed E-state index contributed by atoms with van der Waals surface area (Å²) < 4.78 is 91.5. The van der Waals surface area contributed by atoms with Gasteiger partial charge in [-0.3, -0.25) is 0 Å². The second-order valence-electron chi connectivity index (χ2n) is 5.47. The molecule has 0 spiro atoms. The van der Waals surface area contributed by atoms with E-state index in [1.165, 1.54) is 42.5 Å². The summed E-state index contributed by atoms with van der Waals surface area (Å²) in [5.41, 5.74) is 0.0695. The number of hydrogen-bond acceptors (Lipinski definition) is 8. The maximum absolute atomic E-state index is 13.1. The van der Waals surface area contributed by atoms with E-state index in [2.05, 4.69) is 11.3 Å². The molecule has 0 bridgehead atoms. The van der Waals surface area contributed by atoms with Crippen LogP contribution in [0, 0.1) is 0 Å². The molecule has 29 heavy (non-hydrogen) atoms. The van der Waals surface area contributed by atoms with Crippen molar-refractivity contribution in [2.45, 2.75) is 10.2 Å². The molecule has 0 aliphatic rings. The van der Waals surface area contributed by atoms with Gasteiger partial charge >= 0.3 is 21.3 Å². The summed E-state index contributed by atoms with van der Waals surface area (Å²) in [7, 11) is -10.5. The number of para-hydroxylation sites is 1. The molecule has 0 unspecified atom stereocenters. The molecule has 0 N–H and O–H groups in total. The summed E-state index contributed by atoms with van der Waals surface area (Å²) in [6.07, 6.45) is 1.49. The van der Waals surface area contributed by atoms with Crippen LogP contribution in [0.5, 0.6) is 5.75 Å². The molecular weight excluding hydrogens is 434 g/mol. The van der Waals surface area contributed by atoms with Gasteiger partial charge in [0.15, 0.2) is 22.5 Å². The Balaban J connectivity index is 2.25. The summed E-state index contributed by atoms with van der Waals surface area (Å²) in [4.78, 5) is 11.8. The van der Waals surface area contributed by atoms with Gasteiger partial charge in [0.05, 0.1) is 0 Å². The Morgan fingerprint density at radius 3 is 2.21 bits per heavy atom. The van der Waals surface area contributed by atoms with E-state index in [-0.39, 0.29) is 4.90 Å². The Labute approximate surface area is 165 Å². The van der Waals surface area contributed by atoms with Crippen molar-refractivity contribution < 1.29 is 43.9 Å². The topological polar surface area (TPSA) is 127 Å². The summed E-state index contributed by atoms with van der Waals surface area (Å²) in [6.45, 7) is 1.49. The van der Waals surface area contributed by atoms with E-state index < -0.39 is 49.4 Å². The third-order valence-electron chi connectivity index (χ3n) is 3.45. The Hall–Kier alpha value is -2.83. The smallest absolute Gasteiger partial charge is 0.367 e. The highest BCUT2D eigenvalue weighted by Crippen LogP contribution is 2.26. The number of hydrogen-bond donors (Lipinski definition) is 0. The van der Waals surface area contributed by atoms with Gasteiger partial charge in [-0.25, -0.2) is 13.2 Å². The summed E-state index contributed by atoms with van der Waals surface area (Å²) in [5.74, 6) is -2.06. The van der Waals surface area contributed by atoms with Gasteiger partial charge in [-0.15, -0.1) is 0 Å². The minimum Gasteiger partial charge on any atom is -0.743 e. The minimum atomic E-state index is -6.06. The van der Waals surface area contributed by atoms with E-state index in [4.69, 9.17) is 4.18 Å². The van der Waals surface area contributed by atoms with E-state index in [9.17, 15) is 35.0 Å². The van der Waals surface area contributed by atoms with E-state index >= 15 is 0 Å². The summed E-state index contributed by atoms with van der Waals surface area (Å²) in [6, 6.07) is 10.0. The van der Waals surface area contributed by atoms with Gasteiger partial charge < -0.3 is 13.5 Å². The molecule has 0 saturated carbocycles. The highest BCUT2D eigenvalue weighted by atomic mass is 32.2. The third-order valence-corrected chi connectivity index (χ3v) is 5.55. The summed E-state index contributed by atoms with van der Waals surface area (Å²) >= 11 is 0. The SMILES string of the molecule is C=Cc1ccc(S(=O)(=O)Oc2ccccc2C(=O)OCC(F)(F)S(=O)(=O)[O-])cc1. The number of esters is 1. The molecule has 0 atom stereocenters. The van der Waals surface area contributed by atoms with Crippen LogP contribution in [-0.4, -0.2) is 39.2 Å². The van der Waals surface area contributed by atoms with E-state index in [1.54, 1.807) is 0 Å². The molecule has 0 aliphatic heterocycles. The Morgan fingerprint density at radius 1 is 1.07 bits per heavy atom. The van der Waals surface area contributed by atoms with Crippen molar-refractivity contribution in [1.29, 1.82) is 0 Å². The van der Waals surface area contributed by atoms with Crippen LogP contribution in [0.1, 0.15) is 15.9 Å². The molecule has 2 aromatic carbocycles. The lowest BCUT2D eigenvalue weighted by Crippen LogP contribution is -2.34. The number of carbonyl (C=O) groups excluding carboxylic acids is 1. The lowest BCUT2D eigenvalue weighted by Gasteiger charge is -2.19. The number of ether oxygens (including phenoxy) is 1. The lowest BCUT2D eigenvalue weighted by atomic mass is 10.2. The van der Waals surface area contributed by atoms with Crippen LogP contribution in [0.15, 0.2) is 60.0 Å². The molecule has 8 nitrogen and oxygen atoms in total. The Bertz CT molecular complexity index is 1120. The molecule has 0 fully saturated rings. The highest BCUT2D eigenvalue weighted by Gasteiger charge is 2.39. The first-order valence-corrected chi connectivity index (χ1v) is 10.5. The van der Waals surface area contributed by atoms with Crippen molar-refractivity contribution in [2.75, 3.05) is 6.61 Å². The molecule has 0 aromatic heterocycles. The molecule has 0 aliphatic carbocycles. The van der Waals surface area contributed by atoms with Crippen LogP contribution in [-0.2, 0) is 25.0 Å². The zero-order valence-corrected chi connectivity index (χ0v) is 16.1. The van der Waals surface area contributed by atoms with Crippen LogP contribution in [0.25, 0.3) is 6.08 Å². The van der Waals surface area contributed by atoms with Crippen molar-refractivity contribution in [3.8, 4) is 5.75 Å². The number of alkyl halides is 2. The molecule has 156 valence electrons. The van der Waals surface area contributed by atoms with Gasteiger partial charge in [0.1, 0.15) is 10.5 Å². The first kappa shape index (κ1) is 22.5. The largest absolute Gasteiger partial charge is 0.743 e. The Morgan fingerprint density at radius 2 is 1.66 bits per heavy atom. The zero-order chi connectivity index (χ0) is 21.9. The zero-order valence-electron chi connectivity index (χ0n) is 14.4. The average molecular weight is 447 g/mol. The van der Waals surface area contributed by atoms with Gasteiger partial charge in [0.25, 0.3) is 0 Å². The van der Waals surface area contributed by atoms with Crippen molar-refractivity contribution in [3.63, 3.8) is 0 Å². The molecule has 0 heterocycles. The van der Waals surface area contributed by atoms with E-state index in [1.807, 2.05) is 0 Å². The van der Waals surface area contributed by atoms with E-state index in [0.717, 1.165) is 12.1 Å². The molecule has 2 rings (SSSR count). The quantitative estimate of drug-likeness (QED) is 0.343. The fourth-order valence-electron chi connectivity index (χ4n) is 1.94. The van der Waals surface area contributed by atoms with Crippen LogP contribution in [0.4, 0.5) is 8.78 Å². The van der Waals surface area contributed by atoms with Gasteiger partial charge in [-0.05, 0) is 29.8 Å². The van der Waals surface area contributed by atoms with Crippen molar-refractivity contribution in [3.05, 3.63) is 66.2 Å². The second kappa shape index (κ2) is 8.27. The van der Waals surface area contributed by atoms with Crippen LogP contribution < -0.4 is 4.18 Å². The number of rotatable bonds is 8. The molecular formula is C17H13F2O8S2-.